The summed E-state index contributed by atoms with van der Waals surface area (Å²) in [5.74, 6) is -7.30. The molecule has 4 unspecified atom stereocenters. The quantitative estimate of drug-likeness (QED) is 0.0947. The van der Waals surface area contributed by atoms with Crippen molar-refractivity contribution < 1.29 is 43.8 Å². The molecular weight excluding hydrogens is 476 g/mol. The molecule has 0 aliphatic heterocycles. The Labute approximate surface area is 198 Å². The van der Waals surface area contributed by atoms with Crippen LogP contribution >= 0.6 is 11.8 Å². The molecule has 0 aliphatic carbocycles. The topological polar surface area (TPSA) is 274 Å². The monoisotopic (exact) mass is 506 g/mol. The Morgan fingerprint density at radius 1 is 0.765 bits per heavy atom. The summed E-state index contributed by atoms with van der Waals surface area (Å²) in [5, 5.41) is 24.5. The third-order valence-electron chi connectivity index (χ3n) is 4.31. The Kier molecular flexibility index (Phi) is 13.9. The molecule has 0 saturated heterocycles. The number of rotatable bonds is 17. The lowest BCUT2D eigenvalue weighted by Gasteiger charge is -2.24. The highest BCUT2D eigenvalue weighted by Gasteiger charge is 2.32. The lowest BCUT2D eigenvalue weighted by Crippen LogP contribution is -2.58. The minimum atomic E-state index is -1.74. The summed E-state index contributed by atoms with van der Waals surface area (Å²) in [6, 6.07) is -5.85. The highest BCUT2D eigenvalue weighted by Crippen LogP contribution is 2.05. The van der Waals surface area contributed by atoms with Crippen LogP contribution in [-0.2, 0) is 33.6 Å². The molecule has 0 saturated carbocycles. The van der Waals surface area contributed by atoms with Gasteiger partial charge in [0.05, 0.1) is 18.9 Å². The van der Waals surface area contributed by atoms with Crippen LogP contribution in [0, 0.1) is 0 Å². The Bertz CT molecular complexity index is 794. The van der Waals surface area contributed by atoms with E-state index < -0.39 is 84.9 Å². The van der Waals surface area contributed by atoms with Gasteiger partial charge in [0, 0.05) is 6.42 Å². The molecule has 0 bridgehead atoms. The van der Waals surface area contributed by atoms with Crippen LogP contribution in [-0.4, -0.2) is 87.9 Å². The van der Waals surface area contributed by atoms with Crippen molar-refractivity contribution in [3.8, 4) is 0 Å². The van der Waals surface area contributed by atoms with Crippen LogP contribution in [0.25, 0.3) is 0 Å². The van der Waals surface area contributed by atoms with Gasteiger partial charge < -0.3 is 43.4 Å². The first-order chi connectivity index (χ1) is 15.8. The maximum absolute atomic E-state index is 12.7. The normalized spacial score (nSPS) is 14.1. The first-order valence-corrected chi connectivity index (χ1v) is 11.3. The van der Waals surface area contributed by atoms with Crippen LogP contribution in [0.3, 0.4) is 0 Å². The average Bonchev–Trinajstić information content (AvgIpc) is 2.72. The number of aliphatic carboxylic acids is 2. The third-order valence-corrected chi connectivity index (χ3v) is 4.95. The molecule has 0 aromatic rings. The highest BCUT2D eigenvalue weighted by atomic mass is 32.2. The number of nitrogens with one attached hydrogen (secondary N) is 3. The number of primary amides is 2. The summed E-state index contributed by atoms with van der Waals surface area (Å²) >= 11 is 1.44. The second-order valence-electron chi connectivity index (χ2n) is 7.18. The van der Waals surface area contributed by atoms with Gasteiger partial charge in [-0.15, -0.1) is 0 Å². The van der Waals surface area contributed by atoms with Gasteiger partial charge in [-0.3, -0.25) is 28.8 Å². The molecule has 11 N–H and O–H groups in total. The molecule has 15 nitrogen and oxygen atoms in total. The summed E-state index contributed by atoms with van der Waals surface area (Å²) in [4.78, 5) is 82.1. The van der Waals surface area contributed by atoms with Crippen molar-refractivity contribution in [2.45, 2.75) is 56.3 Å². The van der Waals surface area contributed by atoms with Crippen LogP contribution < -0.4 is 33.2 Å². The number of hydrogen-bond donors (Lipinski definition) is 8. The van der Waals surface area contributed by atoms with Crippen LogP contribution in [0.15, 0.2) is 0 Å². The molecule has 0 aromatic heterocycles. The minimum Gasteiger partial charge on any atom is -0.481 e. The number of nitrogens with two attached hydrogens (primary N) is 3. The number of hydrogen-bond acceptors (Lipinski definition) is 9. The molecule has 192 valence electrons. The van der Waals surface area contributed by atoms with Gasteiger partial charge in [-0.1, -0.05) is 0 Å². The highest BCUT2D eigenvalue weighted by molar-refractivity contribution is 7.98. The van der Waals surface area contributed by atoms with E-state index in [0.29, 0.717) is 5.75 Å². The number of carboxylic acid groups (broad SMARTS) is 2. The summed E-state index contributed by atoms with van der Waals surface area (Å²) in [5.41, 5.74) is 15.8. The van der Waals surface area contributed by atoms with E-state index in [1.165, 1.54) is 11.8 Å². The minimum absolute atomic E-state index is 0.281. The second-order valence-corrected chi connectivity index (χ2v) is 8.17. The summed E-state index contributed by atoms with van der Waals surface area (Å²) in [6.45, 7) is 0. The molecule has 5 amide bonds. The number of amides is 5. The average molecular weight is 507 g/mol. The first-order valence-electron chi connectivity index (χ1n) is 9.95. The summed E-state index contributed by atoms with van der Waals surface area (Å²) in [7, 11) is 0. The van der Waals surface area contributed by atoms with Gasteiger partial charge in [0.25, 0.3) is 0 Å². The zero-order valence-corrected chi connectivity index (χ0v) is 19.3. The van der Waals surface area contributed by atoms with Crippen LogP contribution in [0.4, 0.5) is 0 Å². The van der Waals surface area contributed by atoms with Gasteiger partial charge in [-0.05, 0) is 24.9 Å². The number of carboxylic acids is 2. The molecular formula is C18H30N6O9S. The second kappa shape index (κ2) is 15.4. The van der Waals surface area contributed by atoms with Crippen molar-refractivity contribution in [3.63, 3.8) is 0 Å². The third kappa shape index (κ3) is 12.6. The zero-order chi connectivity index (χ0) is 26.4. The smallest absolute Gasteiger partial charge is 0.326 e. The maximum Gasteiger partial charge on any atom is 0.326 e. The van der Waals surface area contributed by atoms with E-state index >= 15 is 0 Å². The SMILES string of the molecule is CSCCC(N)C(=O)NC(CCC(=O)O)C(=O)NC(CC(N)=O)C(=O)NC(CC(N)=O)C(=O)O. The van der Waals surface area contributed by atoms with Crippen molar-refractivity contribution in [3.05, 3.63) is 0 Å². The van der Waals surface area contributed by atoms with E-state index in [1.807, 2.05) is 5.32 Å². The summed E-state index contributed by atoms with van der Waals surface area (Å²) in [6.07, 6.45) is -0.326. The van der Waals surface area contributed by atoms with Crippen molar-refractivity contribution in [2.24, 2.45) is 17.2 Å². The Hall–Kier alpha value is -3.40. The van der Waals surface area contributed by atoms with E-state index in [9.17, 15) is 33.6 Å². The molecule has 0 aromatic carbocycles. The fraction of sp³-hybridized carbons (Fsp3) is 0.611. The fourth-order valence-corrected chi connectivity index (χ4v) is 3.04. The van der Waals surface area contributed by atoms with Crippen LogP contribution in [0.2, 0.25) is 0 Å². The zero-order valence-electron chi connectivity index (χ0n) is 18.4. The number of thioether (sulfide) groups is 1. The van der Waals surface area contributed by atoms with Crippen LogP contribution in [0.1, 0.15) is 32.1 Å². The van der Waals surface area contributed by atoms with Crippen LogP contribution in [0.5, 0.6) is 0 Å². The van der Waals surface area contributed by atoms with Gasteiger partial charge in [0.1, 0.15) is 18.1 Å². The molecule has 0 spiro atoms. The molecule has 4 atom stereocenters. The van der Waals surface area contributed by atoms with Crippen molar-refractivity contribution in [2.75, 3.05) is 12.0 Å². The number of carbonyl (C=O) groups excluding carboxylic acids is 5. The van der Waals surface area contributed by atoms with E-state index in [-0.39, 0.29) is 12.8 Å². The Morgan fingerprint density at radius 3 is 1.71 bits per heavy atom. The first kappa shape index (κ1) is 30.6. The van der Waals surface area contributed by atoms with Crippen molar-refractivity contribution in [1.82, 2.24) is 16.0 Å². The lowest BCUT2D eigenvalue weighted by molar-refractivity contribution is -0.144. The Balaban J connectivity index is 5.56. The van der Waals surface area contributed by atoms with Gasteiger partial charge in [0.2, 0.25) is 29.5 Å². The van der Waals surface area contributed by atoms with E-state index in [4.69, 9.17) is 27.4 Å². The Morgan fingerprint density at radius 2 is 1.24 bits per heavy atom. The predicted octanol–water partition coefficient (Wildman–Crippen LogP) is -3.78. The van der Waals surface area contributed by atoms with E-state index in [0.717, 1.165) is 0 Å². The van der Waals surface area contributed by atoms with E-state index in [2.05, 4.69) is 10.6 Å². The number of carbonyl (C=O) groups is 7. The van der Waals surface area contributed by atoms with Crippen molar-refractivity contribution in [1.29, 1.82) is 0 Å². The molecule has 0 rings (SSSR count). The van der Waals surface area contributed by atoms with E-state index in [1.54, 1.807) is 6.26 Å². The standard InChI is InChI=1S/C18H30N6O9S/c1-34-5-4-8(19)15(29)22-9(2-3-14(27)28)16(30)23-10(6-12(20)25)17(31)24-11(18(32)33)7-13(21)26/h8-11H,2-7,19H2,1H3,(H2,20,25)(H2,21,26)(H,22,29)(H,23,30)(H,24,31)(H,27,28)(H,32,33). The molecule has 16 heteroatoms. The maximum atomic E-state index is 12.7. The molecule has 0 aliphatic rings. The summed E-state index contributed by atoms with van der Waals surface area (Å²) < 4.78 is 0. The van der Waals surface area contributed by atoms with Gasteiger partial charge >= 0.3 is 11.9 Å². The van der Waals surface area contributed by atoms with Gasteiger partial charge in [-0.2, -0.15) is 11.8 Å². The van der Waals surface area contributed by atoms with Gasteiger partial charge in [-0.25, -0.2) is 4.79 Å². The molecule has 0 radical (unpaired) electrons. The predicted molar refractivity (Wildman–Crippen MR) is 119 cm³/mol. The van der Waals surface area contributed by atoms with Gasteiger partial charge in [0.15, 0.2) is 0 Å². The largest absolute Gasteiger partial charge is 0.481 e. The molecule has 34 heavy (non-hydrogen) atoms. The van der Waals surface area contributed by atoms with Crippen molar-refractivity contribution >= 4 is 53.2 Å². The molecule has 0 fully saturated rings. The molecule has 0 heterocycles. The fourth-order valence-electron chi connectivity index (χ4n) is 2.55. The lowest BCUT2D eigenvalue weighted by atomic mass is 10.1.